The summed E-state index contributed by atoms with van der Waals surface area (Å²) in [6.45, 7) is 1.62. The largest absolute Gasteiger partial charge is 0.493 e. The van der Waals surface area contributed by atoms with Gasteiger partial charge in [-0.15, -0.1) is 0 Å². The van der Waals surface area contributed by atoms with E-state index in [1.165, 1.54) is 11.3 Å². The quantitative estimate of drug-likeness (QED) is 0.891. The number of anilines is 1. The van der Waals surface area contributed by atoms with E-state index in [-0.39, 0.29) is 0 Å². The summed E-state index contributed by atoms with van der Waals surface area (Å²) >= 11 is 0. The summed E-state index contributed by atoms with van der Waals surface area (Å²) in [6.07, 6.45) is 1.88. The van der Waals surface area contributed by atoms with Crippen molar-refractivity contribution < 1.29 is 9.47 Å². The van der Waals surface area contributed by atoms with E-state index in [1.807, 2.05) is 6.07 Å². The van der Waals surface area contributed by atoms with Gasteiger partial charge >= 0.3 is 0 Å². The van der Waals surface area contributed by atoms with Crippen molar-refractivity contribution in [2.24, 2.45) is 5.73 Å². The third-order valence-electron chi connectivity index (χ3n) is 4.10. The summed E-state index contributed by atoms with van der Waals surface area (Å²) in [5.41, 5.74) is 11.6. The second-order valence-electron chi connectivity index (χ2n) is 5.47. The summed E-state index contributed by atoms with van der Waals surface area (Å²) < 4.78 is 11.1. The number of ether oxygens (including phenoxy) is 2. The van der Waals surface area contributed by atoms with Crippen molar-refractivity contribution in [3.8, 4) is 22.6 Å². The molecule has 0 spiro atoms. The van der Waals surface area contributed by atoms with Crippen LogP contribution in [0.1, 0.15) is 11.1 Å². The van der Waals surface area contributed by atoms with Crippen LogP contribution < -0.4 is 20.5 Å². The highest BCUT2D eigenvalue weighted by atomic mass is 16.5. The topological polar surface area (TPSA) is 56.5 Å². The molecule has 0 radical (unpaired) electrons. The van der Waals surface area contributed by atoms with Crippen molar-refractivity contribution in [2.45, 2.75) is 12.8 Å². The van der Waals surface area contributed by atoms with E-state index in [0.29, 0.717) is 6.54 Å². The molecule has 2 aromatic carbocycles. The molecule has 0 saturated heterocycles. The van der Waals surface area contributed by atoms with Crippen LogP contribution >= 0.6 is 0 Å². The highest BCUT2D eigenvalue weighted by Gasteiger charge is 2.16. The van der Waals surface area contributed by atoms with Crippen LogP contribution in [0, 0.1) is 0 Å². The van der Waals surface area contributed by atoms with Crippen molar-refractivity contribution in [2.75, 3.05) is 32.6 Å². The molecule has 0 unspecified atom stereocenters. The summed E-state index contributed by atoms with van der Waals surface area (Å²) in [5.74, 6) is 1.52. The number of hydrogen-bond donors (Lipinski definition) is 2. The van der Waals surface area contributed by atoms with E-state index in [1.54, 1.807) is 14.2 Å². The molecule has 0 aromatic heterocycles. The molecule has 0 fully saturated rings. The first-order valence-electron chi connectivity index (χ1n) is 7.59. The van der Waals surface area contributed by atoms with Crippen LogP contribution in [-0.2, 0) is 12.8 Å². The fourth-order valence-electron chi connectivity index (χ4n) is 3.02. The van der Waals surface area contributed by atoms with Crippen LogP contribution in [0.5, 0.6) is 11.5 Å². The fourth-order valence-corrected chi connectivity index (χ4v) is 3.02. The van der Waals surface area contributed by atoms with Gasteiger partial charge in [0.05, 0.1) is 14.2 Å². The lowest BCUT2D eigenvalue weighted by atomic mass is 9.97. The second kappa shape index (κ2) is 6.28. The van der Waals surface area contributed by atoms with Gasteiger partial charge in [-0.1, -0.05) is 6.07 Å². The lowest BCUT2D eigenvalue weighted by molar-refractivity contribution is 0.355. The van der Waals surface area contributed by atoms with Gasteiger partial charge in [-0.05, 0) is 60.3 Å². The summed E-state index contributed by atoms with van der Waals surface area (Å²) in [6, 6.07) is 10.7. The molecule has 4 heteroatoms. The van der Waals surface area contributed by atoms with Crippen LogP contribution in [0.2, 0.25) is 0 Å². The zero-order chi connectivity index (χ0) is 15.5. The van der Waals surface area contributed by atoms with Crippen LogP contribution in [-0.4, -0.2) is 27.3 Å². The van der Waals surface area contributed by atoms with E-state index in [9.17, 15) is 0 Å². The molecule has 1 aliphatic heterocycles. The summed E-state index contributed by atoms with van der Waals surface area (Å²) in [7, 11) is 3.35. The minimum absolute atomic E-state index is 0.614. The van der Waals surface area contributed by atoms with E-state index >= 15 is 0 Å². The van der Waals surface area contributed by atoms with E-state index in [4.69, 9.17) is 15.2 Å². The van der Waals surface area contributed by atoms with Crippen LogP contribution in [0.15, 0.2) is 30.3 Å². The molecule has 0 amide bonds. The predicted molar refractivity (Wildman–Crippen MR) is 89.9 cm³/mol. The molecule has 0 bridgehead atoms. The van der Waals surface area contributed by atoms with Crippen LogP contribution in [0.25, 0.3) is 11.1 Å². The number of hydrogen-bond acceptors (Lipinski definition) is 4. The number of benzene rings is 2. The Hall–Kier alpha value is -2.20. The third kappa shape index (κ3) is 2.62. The number of nitrogens with two attached hydrogens (primary N) is 1. The Morgan fingerprint density at radius 2 is 2.00 bits per heavy atom. The Morgan fingerprint density at radius 3 is 2.73 bits per heavy atom. The number of fused-ring (bicyclic) bond motifs is 1. The first-order valence-corrected chi connectivity index (χ1v) is 7.59. The first kappa shape index (κ1) is 14.7. The Bertz CT molecular complexity index is 683. The van der Waals surface area contributed by atoms with Gasteiger partial charge in [0.15, 0.2) is 11.5 Å². The maximum absolute atomic E-state index is 5.70. The molecule has 0 saturated carbocycles. The molecule has 2 aromatic rings. The van der Waals surface area contributed by atoms with Crippen molar-refractivity contribution in [1.29, 1.82) is 0 Å². The average Bonchev–Trinajstić information content (AvgIpc) is 3.01. The highest BCUT2D eigenvalue weighted by Crippen LogP contribution is 2.40. The maximum Gasteiger partial charge on any atom is 0.168 e. The lowest BCUT2D eigenvalue weighted by Crippen LogP contribution is -2.04. The van der Waals surface area contributed by atoms with Crippen LogP contribution in [0.3, 0.4) is 0 Å². The SMILES string of the molecule is COc1cc(CCN)cc(-c2ccc3c(c2)CCN3)c1OC. The van der Waals surface area contributed by atoms with E-state index < -0.39 is 0 Å². The first-order chi connectivity index (χ1) is 10.8. The van der Waals surface area contributed by atoms with Crippen LogP contribution in [0.4, 0.5) is 5.69 Å². The minimum atomic E-state index is 0.614. The fraction of sp³-hybridized carbons (Fsp3) is 0.333. The number of rotatable bonds is 5. The Balaban J connectivity index is 2.13. The molecular formula is C18H22N2O2. The van der Waals surface area contributed by atoms with Crippen molar-refractivity contribution in [3.05, 3.63) is 41.5 Å². The molecule has 0 aliphatic carbocycles. The van der Waals surface area contributed by atoms with Gasteiger partial charge in [0.1, 0.15) is 0 Å². The normalized spacial score (nSPS) is 12.7. The molecule has 116 valence electrons. The predicted octanol–water partition coefficient (Wildman–Crippen LogP) is 2.84. The third-order valence-corrected chi connectivity index (χ3v) is 4.10. The smallest absolute Gasteiger partial charge is 0.168 e. The van der Waals surface area contributed by atoms with Crippen molar-refractivity contribution in [1.82, 2.24) is 0 Å². The highest BCUT2D eigenvalue weighted by molar-refractivity contribution is 5.77. The summed E-state index contributed by atoms with van der Waals surface area (Å²) in [5, 5.41) is 3.39. The zero-order valence-corrected chi connectivity index (χ0v) is 13.1. The Labute approximate surface area is 131 Å². The Kier molecular flexibility index (Phi) is 4.20. The van der Waals surface area contributed by atoms with Gasteiger partial charge in [0.2, 0.25) is 0 Å². The van der Waals surface area contributed by atoms with Crippen molar-refractivity contribution >= 4 is 5.69 Å². The van der Waals surface area contributed by atoms with Gasteiger partial charge in [-0.25, -0.2) is 0 Å². The van der Waals surface area contributed by atoms with Gasteiger partial charge in [0.25, 0.3) is 0 Å². The minimum Gasteiger partial charge on any atom is -0.493 e. The second-order valence-corrected chi connectivity index (χ2v) is 5.47. The lowest BCUT2D eigenvalue weighted by Gasteiger charge is -2.16. The maximum atomic E-state index is 5.70. The summed E-state index contributed by atoms with van der Waals surface area (Å²) in [4.78, 5) is 0. The molecule has 22 heavy (non-hydrogen) atoms. The number of methoxy groups -OCH3 is 2. The van der Waals surface area contributed by atoms with E-state index in [2.05, 4.69) is 29.6 Å². The number of nitrogens with one attached hydrogen (secondary N) is 1. The van der Waals surface area contributed by atoms with E-state index in [0.717, 1.165) is 47.6 Å². The molecule has 0 atom stereocenters. The monoisotopic (exact) mass is 298 g/mol. The molecule has 4 nitrogen and oxygen atoms in total. The molecule has 1 aliphatic rings. The molecule has 1 heterocycles. The van der Waals surface area contributed by atoms with Gasteiger partial charge in [-0.3, -0.25) is 0 Å². The molecular weight excluding hydrogens is 276 g/mol. The van der Waals surface area contributed by atoms with Gasteiger partial charge in [-0.2, -0.15) is 0 Å². The van der Waals surface area contributed by atoms with Crippen molar-refractivity contribution in [3.63, 3.8) is 0 Å². The van der Waals surface area contributed by atoms with Gasteiger partial charge in [0, 0.05) is 17.8 Å². The average molecular weight is 298 g/mol. The molecule has 3 N–H and O–H groups in total. The molecule has 3 rings (SSSR count). The zero-order valence-electron chi connectivity index (χ0n) is 13.1. The Morgan fingerprint density at radius 1 is 1.14 bits per heavy atom. The van der Waals surface area contributed by atoms with Gasteiger partial charge < -0.3 is 20.5 Å². The standard InChI is InChI=1S/C18H22N2O2/c1-21-17-10-12(5-7-19)9-15(18(17)22-2)13-3-4-16-14(11-13)6-8-20-16/h3-4,9-11,20H,5-8,19H2,1-2H3.